The predicted octanol–water partition coefficient (Wildman–Crippen LogP) is 4.31. The number of benzene rings is 1. The molecule has 2 aromatic rings. The molecular weight excluding hydrogens is 206 g/mol. The summed E-state index contributed by atoms with van der Waals surface area (Å²) in [5.41, 5.74) is 3.72. The van der Waals surface area contributed by atoms with E-state index in [1.807, 2.05) is 24.5 Å². The summed E-state index contributed by atoms with van der Waals surface area (Å²) in [4.78, 5) is 4.20. The van der Waals surface area contributed by atoms with Gasteiger partial charge in [-0.15, -0.1) is 0 Å². The molecule has 1 aromatic carbocycles. The summed E-state index contributed by atoms with van der Waals surface area (Å²) in [7, 11) is 0. The van der Waals surface area contributed by atoms with Crippen molar-refractivity contribution >= 4 is 5.57 Å². The van der Waals surface area contributed by atoms with Crippen molar-refractivity contribution in [1.29, 1.82) is 0 Å². The average Bonchev–Trinajstić information content (AvgIpc) is 2.42. The Morgan fingerprint density at radius 1 is 1.06 bits per heavy atom. The molecule has 0 fully saturated rings. The van der Waals surface area contributed by atoms with E-state index < -0.39 is 0 Å². The van der Waals surface area contributed by atoms with Gasteiger partial charge >= 0.3 is 0 Å². The summed E-state index contributed by atoms with van der Waals surface area (Å²) >= 11 is 0. The lowest BCUT2D eigenvalue weighted by Crippen LogP contribution is -1.88. The minimum Gasteiger partial charge on any atom is -0.264 e. The van der Waals surface area contributed by atoms with E-state index in [0.29, 0.717) is 0 Å². The van der Waals surface area contributed by atoms with E-state index in [0.717, 1.165) is 12.8 Å². The Kier molecular flexibility index (Phi) is 4.09. The summed E-state index contributed by atoms with van der Waals surface area (Å²) < 4.78 is 0. The van der Waals surface area contributed by atoms with E-state index in [4.69, 9.17) is 0 Å². The fraction of sp³-hybridized carbons (Fsp3) is 0.188. The Labute approximate surface area is 103 Å². The van der Waals surface area contributed by atoms with Crippen molar-refractivity contribution in [1.82, 2.24) is 4.98 Å². The first-order chi connectivity index (χ1) is 8.42. The van der Waals surface area contributed by atoms with Crippen LogP contribution in [-0.4, -0.2) is 4.98 Å². The Hall–Kier alpha value is -1.89. The molecule has 1 aromatic heterocycles. The summed E-state index contributed by atoms with van der Waals surface area (Å²) in [6.07, 6.45) is 8.29. The molecular formula is C16H17N. The predicted molar refractivity (Wildman–Crippen MR) is 72.7 cm³/mol. The minimum absolute atomic E-state index is 1.10. The van der Waals surface area contributed by atoms with Crippen LogP contribution < -0.4 is 0 Å². The van der Waals surface area contributed by atoms with E-state index in [2.05, 4.69) is 48.3 Å². The molecule has 0 bridgehead atoms. The summed E-state index contributed by atoms with van der Waals surface area (Å²) in [6.45, 7) is 2.20. The standard InChI is InChI=1S/C16H17N/c1-2-3-11-16(14-8-5-4-6-9-14)15-10-7-12-17-13-15/h4-13H,2-3H2,1H3/b16-11+. The van der Waals surface area contributed by atoms with Gasteiger partial charge < -0.3 is 0 Å². The first-order valence-electron chi connectivity index (χ1n) is 6.08. The van der Waals surface area contributed by atoms with Crippen LogP contribution in [0.4, 0.5) is 0 Å². The summed E-state index contributed by atoms with van der Waals surface area (Å²) in [5.74, 6) is 0. The zero-order valence-electron chi connectivity index (χ0n) is 10.1. The fourth-order valence-corrected chi connectivity index (χ4v) is 1.83. The van der Waals surface area contributed by atoms with Crippen LogP contribution in [0.5, 0.6) is 0 Å². The van der Waals surface area contributed by atoms with Crippen molar-refractivity contribution < 1.29 is 0 Å². The SMILES string of the molecule is CCC/C=C(\c1ccccc1)c1cccnc1. The van der Waals surface area contributed by atoms with E-state index >= 15 is 0 Å². The van der Waals surface area contributed by atoms with Gasteiger partial charge in [-0.1, -0.05) is 55.8 Å². The van der Waals surface area contributed by atoms with E-state index in [1.165, 1.54) is 16.7 Å². The Morgan fingerprint density at radius 2 is 1.82 bits per heavy atom. The lowest BCUT2D eigenvalue weighted by Gasteiger charge is -2.07. The highest BCUT2D eigenvalue weighted by atomic mass is 14.6. The van der Waals surface area contributed by atoms with Gasteiger partial charge in [-0.05, 0) is 23.6 Å². The largest absolute Gasteiger partial charge is 0.264 e. The molecule has 2 rings (SSSR count). The van der Waals surface area contributed by atoms with Crippen molar-refractivity contribution in [3.05, 3.63) is 72.1 Å². The van der Waals surface area contributed by atoms with Crippen LogP contribution in [-0.2, 0) is 0 Å². The maximum Gasteiger partial charge on any atom is 0.0346 e. The smallest absolute Gasteiger partial charge is 0.0346 e. The highest BCUT2D eigenvalue weighted by molar-refractivity contribution is 5.79. The van der Waals surface area contributed by atoms with Crippen LogP contribution in [0.25, 0.3) is 5.57 Å². The van der Waals surface area contributed by atoms with Crippen LogP contribution in [0.3, 0.4) is 0 Å². The molecule has 0 radical (unpaired) electrons. The van der Waals surface area contributed by atoms with Crippen molar-refractivity contribution in [3.8, 4) is 0 Å². The van der Waals surface area contributed by atoms with Crippen LogP contribution >= 0.6 is 0 Å². The van der Waals surface area contributed by atoms with Crippen LogP contribution in [0.15, 0.2) is 60.9 Å². The van der Waals surface area contributed by atoms with Crippen molar-refractivity contribution in [2.24, 2.45) is 0 Å². The highest BCUT2D eigenvalue weighted by Crippen LogP contribution is 2.23. The zero-order valence-corrected chi connectivity index (χ0v) is 10.1. The summed E-state index contributed by atoms with van der Waals surface area (Å²) in [5, 5.41) is 0. The van der Waals surface area contributed by atoms with Crippen molar-refractivity contribution in [2.45, 2.75) is 19.8 Å². The normalized spacial score (nSPS) is 11.5. The zero-order chi connectivity index (χ0) is 11.9. The van der Waals surface area contributed by atoms with Gasteiger partial charge in [0.25, 0.3) is 0 Å². The van der Waals surface area contributed by atoms with Gasteiger partial charge in [-0.2, -0.15) is 0 Å². The summed E-state index contributed by atoms with van der Waals surface area (Å²) in [6, 6.07) is 14.6. The molecule has 0 N–H and O–H groups in total. The number of unbranched alkanes of at least 4 members (excludes halogenated alkanes) is 1. The maximum atomic E-state index is 4.20. The van der Waals surface area contributed by atoms with E-state index in [-0.39, 0.29) is 0 Å². The number of hydrogen-bond donors (Lipinski definition) is 0. The Balaban J connectivity index is 2.40. The quantitative estimate of drug-likeness (QED) is 0.752. The topological polar surface area (TPSA) is 12.9 Å². The third kappa shape index (κ3) is 3.04. The Bertz CT molecular complexity index is 430. The number of rotatable bonds is 4. The first kappa shape index (κ1) is 11.6. The number of pyridine rings is 1. The van der Waals surface area contributed by atoms with Gasteiger partial charge in [0.2, 0.25) is 0 Å². The number of allylic oxidation sites excluding steroid dienone is 1. The molecule has 0 spiro atoms. The second-order valence-corrected chi connectivity index (χ2v) is 4.01. The number of aromatic nitrogens is 1. The second kappa shape index (κ2) is 6.00. The van der Waals surface area contributed by atoms with Crippen LogP contribution in [0, 0.1) is 0 Å². The van der Waals surface area contributed by atoms with E-state index in [9.17, 15) is 0 Å². The monoisotopic (exact) mass is 223 g/mol. The fourth-order valence-electron chi connectivity index (χ4n) is 1.83. The molecule has 0 aliphatic rings. The number of hydrogen-bond acceptors (Lipinski definition) is 1. The molecule has 0 unspecified atom stereocenters. The average molecular weight is 223 g/mol. The van der Waals surface area contributed by atoms with Gasteiger partial charge in [0.1, 0.15) is 0 Å². The van der Waals surface area contributed by atoms with Gasteiger partial charge in [0.05, 0.1) is 0 Å². The van der Waals surface area contributed by atoms with Gasteiger partial charge in [-0.25, -0.2) is 0 Å². The molecule has 17 heavy (non-hydrogen) atoms. The molecule has 0 amide bonds. The second-order valence-electron chi connectivity index (χ2n) is 4.01. The van der Waals surface area contributed by atoms with Crippen LogP contribution in [0.1, 0.15) is 30.9 Å². The molecule has 0 aliphatic carbocycles. The lowest BCUT2D eigenvalue weighted by atomic mass is 9.98. The molecule has 0 saturated heterocycles. The third-order valence-corrected chi connectivity index (χ3v) is 2.69. The molecule has 86 valence electrons. The number of nitrogens with zero attached hydrogens (tertiary/aromatic N) is 1. The molecule has 0 aliphatic heterocycles. The van der Waals surface area contributed by atoms with Crippen LogP contribution in [0.2, 0.25) is 0 Å². The minimum atomic E-state index is 1.10. The molecule has 1 nitrogen and oxygen atoms in total. The van der Waals surface area contributed by atoms with Gasteiger partial charge in [0, 0.05) is 18.0 Å². The molecule has 0 atom stereocenters. The first-order valence-corrected chi connectivity index (χ1v) is 6.08. The van der Waals surface area contributed by atoms with Gasteiger partial charge in [0.15, 0.2) is 0 Å². The lowest BCUT2D eigenvalue weighted by molar-refractivity contribution is 0.960. The van der Waals surface area contributed by atoms with E-state index in [1.54, 1.807) is 0 Å². The maximum absolute atomic E-state index is 4.20. The van der Waals surface area contributed by atoms with Crippen molar-refractivity contribution in [3.63, 3.8) is 0 Å². The molecule has 1 heterocycles. The Morgan fingerprint density at radius 3 is 2.47 bits per heavy atom. The molecule has 0 saturated carbocycles. The van der Waals surface area contributed by atoms with Crippen molar-refractivity contribution in [2.75, 3.05) is 0 Å². The molecule has 1 heteroatoms. The third-order valence-electron chi connectivity index (χ3n) is 2.69. The highest BCUT2D eigenvalue weighted by Gasteiger charge is 2.03. The van der Waals surface area contributed by atoms with Gasteiger partial charge in [-0.3, -0.25) is 4.98 Å².